The standard InChI is InChI=1S/C20H35N2O8PS2/c1-20(2,3)19(26)33-13-11-29-31(28-10-12-32-16-24)30-14-17(27-5)6-8-22(4)9-7-18(25)21-15-23/h7,9,15-17H,6,8,10-14H2,1-5H3,(H,21,23,25)/b9-7-. The molecule has 2 atom stereocenters. The summed E-state index contributed by atoms with van der Waals surface area (Å²) in [5.74, 6) is 0.459. The van der Waals surface area contributed by atoms with Crippen LogP contribution < -0.4 is 5.32 Å². The summed E-state index contributed by atoms with van der Waals surface area (Å²) >= 11 is 2.30. The molecule has 0 bridgehead atoms. The molecule has 0 spiro atoms. The van der Waals surface area contributed by atoms with E-state index >= 15 is 0 Å². The summed E-state index contributed by atoms with van der Waals surface area (Å²) in [6, 6.07) is 0. The number of hydrogen-bond donors (Lipinski definition) is 1. The zero-order valence-electron chi connectivity index (χ0n) is 19.8. The van der Waals surface area contributed by atoms with Crippen LogP contribution in [0.15, 0.2) is 12.3 Å². The first-order chi connectivity index (χ1) is 15.6. The van der Waals surface area contributed by atoms with Gasteiger partial charge in [-0.25, -0.2) is 0 Å². The molecule has 0 aliphatic heterocycles. The Hall–Kier alpha value is -1.01. The van der Waals surface area contributed by atoms with Crippen molar-refractivity contribution in [1.82, 2.24) is 10.2 Å². The molecule has 0 aromatic heterocycles. The Kier molecular flexibility index (Phi) is 18.7. The number of carbonyl (C=O) groups excluding carboxylic acids is 4. The van der Waals surface area contributed by atoms with Gasteiger partial charge < -0.3 is 23.2 Å². The molecule has 0 aliphatic rings. The quantitative estimate of drug-likeness (QED) is 0.116. The van der Waals surface area contributed by atoms with Crippen LogP contribution in [0.5, 0.6) is 0 Å². The van der Waals surface area contributed by atoms with Crippen LogP contribution >= 0.6 is 32.1 Å². The predicted octanol–water partition coefficient (Wildman–Crippen LogP) is 2.62. The number of rotatable bonds is 19. The number of imide groups is 1. The number of nitrogens with one attached hydrogen (secondary N) is 1. The molecule has 0 radical (unpaired) electrons. The number of nitrogens with zero attached hydrogens (tertiary/aromatic N) is 1. The van der Waals surface area contributed by atoms with Crippen LogP contribution in [0.2, 0.25) is 0 Å². The Labute approximate surface area is 205 Å². The third kappa shape index (κ3) is 18.0. The Morgan fingerprint density at radius 3 is 2.36 bits per heavy atom. The average Bonchev–Trinajstić information content (AvgIpc) is 2.76. The molecular weight excluding hydrogens is 491 g/mol. The highest BCUT2D eigenvalue weighted by Crippen LogP contribution is 2.40. The van der Waals surface area contributed by atoms with E-state index in [1.54, 1.807) is 25.3 Å². The molecule has 10 nitrogen and oxygen atoms in total. The second-order valence-electron chi connectivity index (χ2n) is 7.61. The molecule has 0 aliphatic carbocycles. The van der Waals surface area contributed by atoms with E-state index in [1.807, 2.05) is 26.1 Å². The highest BCUT2D eigenvalue weighted by Gasteiger charge is 2.22. The molecule has 2 amide bonds. The van der Waals surface area contributed by atoms with Crippen LogP contribution in [0.25, 0.3) is 0 Å². The van der Waals surface area contributed by atoms with Crippen molar-refractivity contribution in [2.24, 2.45) is 5.41 Å². The van der Waals surface area contributed by atoms with Crippen LogP contribution in [0, 0.1) is 5.41 Å². The van der Waals surface area contributed by atoms with E-state index in [0.29, 0.717) is 30.9 Å². The van der Waals surface area contributed by atoms with Crippen LogP contribution in [0.1, 0.15) is 27.2 Å². The van der Waals surface area contributed by atoms with E-state index in [9.17, 15) is 19.2 Å². The second-order valence-corrected chi connectivity index (χ2v) is 10.8. The Bertz CT molecular complexity index is 619. The van der Waals surface area contributed by atoms with Crippen molar-refractivity contribution >= 4 is 55.2 Å². The largest absolute Gasteiger partial charge is 0.380 e. The van der Waals surface area contributed by atoms with Crippen LogP contribution in [0.3, 0.4) is 0 Å². The minimum Gasteiger partial charge on any atom is -0.380 e. The number of amides is 2. The lowest BCUT2D eigenvalue weighted by molar-refractivity contribution is -0.122. The van der Waals surface area contributed by atoms with Gasteiger partial charge in [0.2, 0.25) is 6.41 Å². The molecule has 190 valence electrons. The summed E-state index contributed by atoms with van der Waals surface area (Å²) in [5.41, 5.74) is 0.331. The zero-order chi connectivity index (χ0) is 25.1. The van der Waals surface area contributed by atoms with Crippen molar-refractivity contribution in [1.29, 1.82) is 0 Å². The Morgan fingerprint density at radius 2 is 1.79 bits per heavy atom. The SMILES string of the molecule is COC(CCN(C)/C=C\C(=O)NC=O)COP(OCCSC=O)OCCSC(=O)C(C)(C)C. The van der Waals surface area contributed by atoms with E-state index < -0.39 is 19.9 Å². The van der Waals surface area contributed by atoms with Gasteiger partial charge >= 0.3 is 8.60 Å². The highest BCUT2D eigenvalue weighted by atomic mass is 32.2. The number of methoxy groups -OCH3 is 1. The third-order valence-corrected chi connectivity index (χ3v) is 6.71. The first kappa shape index (κ1) is 32.0. The van der Waals surface area contributed by atoms with Gasteiger partial charge in [-0.15, -0.1) is 0 Å². The zero-order valence-corrected chi connectivity index (χ0v) is 22.3. The Morgan fingerprint density at radius 1 is 1.12 bits per heavy atom. The number of ether oxygens (including phenoxy) is 1. The first-order valence-electron chi connectivity index (χ1n) is 10.2. The second kappa shape index (κ2) is 19.3. The maximum absolute atomic E-state index is 12.0. The summed E-state index contributed by atoms with van der Waals surface area (Å²) in [6.07, 6.45) is 3.50. The smallest absolute Gasteiger partial charge is 0.332 e. The maximum atomic E-state index is 12.0. The number of carbonyl (C=O) groups is 4. The van der Waals surface area contributed by atoms with Crippen LogP contribution in [-0.4, -0.2) is 86.1 Å². The van der Waals surface area contributed by atoms with E-state index in [2.05, 4.69) is 0 Å². The van der Waals surface area contributed by atoms with Crippen LogP contribution in [-0.2, 0) is 37.5 Å². The molecular formula is C20H35N2O8PS2. The van der Waals surface area contributed by atoms with E-state index in [0.717, 1.165) is 17.4 Å². The molecule has 0 saturated heterocycles. The molecule has 0 heterocycles. The summed E-state index contributed by atoms with van der Waals surface area (Å²) in [5, 5.41) is 2.11. The molecule has 0 saturated carbocycles. The molecule has 1 N–H and O–H groups in total. The van der Waals surface area contributed by atoms with Gasteiger partial charge in [0.1, 0.15) is 0 Å². The highest BCUT2D eigenvalue weighted by molar-refractivity contribution is 8.13. The van der Waals surface area contributed by atoms with Gasteiger partial charge in [-0.2, -0.15) is 0 Å². The maximum Gasteiger partial charge on any atom is 0.332 e. The fourth-order valence-electron chi connectivity index (χ4n) is 1.92. The lowest BCUT2D eigenvalue weighted by atomic mass is 10.00. The van der Waals surface area contributed by atoms with Crippen molar-refractivity contribution < 1.29 is 37.5 Å². The Balaban J connectivity index is 4.52. The van der Waals surface area contributed by atoms with E-state index in [-0.39, 0.29) is 31.0 Å². The van der Waals surface area contributed by atoms with E-state index in [4.69, 9.17) is 18.3 Å². The molecule has 2 unspecified atom stereocenters. The average molecular weight is 527 g/mol. The minimum atomic E-state index is -1.67. The summed E-state index contributed by atoms with van der Waals surface area (Å²) < 4.78 is 22.5. The van der Waals surface area contributed by atoms with Crippen molar-refractivity contribution in [3.05, 3.63) is 12.3 Å². The monoisotopic (exact) mass is 526 g/mol. The molecule has 13 heteroatoms. The van der Waals surface area contributed by atoms with E-state index in [1.165, 1.54) is 17.8 Å². The summed E-state index contributed by atoms with van der Waals surface area (Å²) in [7, 11) is 1.69. The van der Waals surface area contributed by atoms with Crippen molar-refractivity contribution in [2.45, 2.75) is 33.3 Å². The van der Waals surface area contributed by atoms with Crippen molar-refractivity contribution in [3.63, 3.8) is 0 Å². The van der Waals surface area contributed by atoms with Gasteiger partial charge in [0.15, 0.2) is 10.7 Å². The number of hydrogen-bond acceptors (Lipinski definition) is 11. The fraction of sp³-hybridized carbons (Fsp3) is 0.700. The molecule has 0 aromatic rings. The molecule has 0 rings (SSSR count). The normalized spacial score (nSPS) is 13.5. The topological polar surface area (TPSA) is 120 Å². The lowest BCUT2D eigenvalue weighted by Gasteiger charge is -2.22. The first-order valence-corrected chi connectivity index (χ1v) is 13.3. The van der Waals surface area contributed by atoms with Gasteiger partial charge in [0.25, 0.3) is 5.91 Å². The summed E-state index contributed by atoms with van der Waals surface area (Å²) in [4.78, 5) is 45.7. The minimum absolute atomic E-state index is 0.0842. The molecule has 0 fully saturated rings. The van der Waals surface area contributed by atoms with Crippen molar-refractivity contribution in [2.75, 3.05) is 52.0 Å². The van der Waals surface area contributed by atoms with Crippen molar-refractivity contribution in [3.8, 4) is 0 Å². The van der Waals surface area contributed by atoms with Gasteiger partial charge in [-0.05, 0) is 6.42 Å². The van der Waals surface area contributed by atoms with Gasteiger partial charge in [0.05, 0.1) is 25.9 Å². The van der Waals surface area contributed by atoms with Gasteiger partial charge in [-0.3, -0.25) is 24.5 Å². The molecule has 33 heavy (non-hydrogen) atoms. The van der Waals surface area contributed by atoms with Gasteiger partial charge in [-0.1, -0.05) is 44.3 Å². The third-order valence-electron chi connectivity index (χ3n) is 3.78. The predicted molar refractivity (Wildman–Crippen MR) is 132 cm³/mol. The molecule has 0 aromatic carbocycles. The fourth-order valence-corrected chi connectivity index (χ4v) is 4.22. The van der Waals surface area contributed by atoms with Gasteiger partial charge in [0, 0.05) is 49.9 Å². The lowest BCUT2D eigenvalue weighted by Crippen LogP contribution is -2.25. The van der Waals surface area contributed by atoms with Crippen LogP contribution in [0.4, 0.5) is 0 Å². The summed E-state index contributed by atoms with van der Waals surface area (Å²) in [6.45, 7) is 6.97. The number of thioether (sulfide) groups is 2.